The van der Waals surface area contributed by atoms with E-state index < -0.39 is 29.5 Å². The number of hydrogen-bond acceptors (Lipinski definition) is 4. The molecule has 22 heavy (non-hydrogen) atoms. The number of ether oxygens (including phenoxy) is 2. The maximum atomic E-state index is 13.5. The second-order valence-corrected chi connectivity index (χ2v) is 6.53. The van der Waals surface area contributed by atoms with Crippen LogP contribution in [-0.2, 0) is 20.7 Å². The van der Waals surface area contributed by atoms with Gasteiger partial charge in [-0.2, -0.15) is 0 Å². The van der Waals surface area contributed by atoms with Gasteiger partial charge in [0.2, 0.25) is 0 Å². The number of rotatable bonds is 4. The molecule has 122 valence electrons. The molecule has 0 bridgehead atoms. The number of amides is 1. The Labute approximate surface area is 137 Å². The van der Waals surface area contributed by atoms with Gasteiger partial charge in [0, 0.05) is 6.42 Å². The smallest absolute Gasteiger partial charge is 0.408 e. The van der Waals surface area contributed by atoms with E-state index in [1.807, 2.05) is 0 Å². The topological polar surface area (TPSA) is 64.6 Å². The minimum atomic E-state index is -0.958. The molecule has 1 aromatic rings. The monoisotopic (exact) mass is 375 g/mol. The van der Waals surface area contributed by atoms with Crippen molar-refractivity contribution in [3.8, 4) is 0 Å². The van der Waals surface area contributed by atoms with E-state index in [9.17, 15) is 14.0 Å². The molecular weight excluding hydrogens is 357 g/mol. The normalized spacial score (nSPS) is 12.5. The number of carbonyl (C=O) groups excluding carboxylic acids is 2. The third kappa shape index (κ3) is 6.01. The van der Waals surface area contributed by atoms with Gasteiger partial charge in [-0.15, -0.1) is 0 Å². The van der Waals surface area contributed by atoms with Crippen molar-refractivity contribution in [2.75, 3.05) is 7.11 Å². The van der Waals surface area contributed by atoms with Gasteiger partial charge in [0.15, 0.2) is 0 Å². The highest BCUT2D eigenvalue weighted by Crippen LogP contribution is 2.17. The van der Waals surface area contributed by atoms with E-state index in [1.165, 1.54) is 19.2 Å². The summed E-state index contributed by atoms with van der Waals surface area (Å²) in [6.07, 6.45) is -0.642. The number of nitrogens with one attached hydrogen (secondary N) is 1. The first-order valence-corrected chi connectivity index (χ1v) is 7.43. The molecule has 0 saturated carbocycles. The zero-order chi connectivity index (χ0) is 16.9. The number of hydrogen-bond donors (Lipinski definition) is 1. The maximum Gasteiger partial charge on any atom is 0.408 e. The number of methoxy groups -OCH3 is 1. The molecule has 0 aliphatic heterocycles. The van der Waals surface area contributed by atoms with Gasteiger partial charge < -0.3 is 14.8 Å². The van der Waals surface area contributed by atoms with Crippen LogP contribution in [0.25, 0.3) is 0 Å². The standard InChI is InChI=1S/C15H19BrFNO4/c1-15(2,3)22-14(20)18-12(13(19)21-4)8-9-5-6-10(16)11(17)7-9/h5-7,12H,8H2,1-4H3,(H,18,20). The van der Waals surface area contributed by atoms with E-state index >= 15 is 0 Å². The molecule has 0 aliphatic carbocycles. The molecule has 0 radical (unpaired) electrons. The molecule has 0 fully saturated rings. The number of esters is 1. The molecule has 1 atom stereocenters. The quantitative estimate of drug-likeness (QED) is 0.820. The highest BCUT2D eigenvalue weighted by atomic mass is 79.9. The summed E-state index contributed by atoms with van der Waals surface area (Å²) in [5, 5.41) is 2.44. The van der Waals surface area contributed by atoms with Crippen LogP contribution >= 0.6 is 15.9 Å². The highest BCUT2D eigenvalue weighted by Gasteiger charge is 2.25. The molecule has 0 saturated heterocycles. The molecule has 1 unspecified atom stereocenters. The lowest BCUT2D eigenvalue weighted by Gasteiger charge is -2.22. The van der Waals surface area contributed by atoms with E-state index in [0.29, 0.717) is 10.0 Å². The van der Waals surface area contributed by atoms with Gasteiger partial charge in [0.25, 0.3) is 0 Å². The second-order valence-electron chi connectivity index (χ2n) is 5.67. The molecule has 0 aromatic heterocycles. The Balaban J connectivity index is 2.82. The number of carbonyl (C=O) groups is 2. The van der Waals surface area contributed by atoms with E-state index in [-0.39, 0.29) is 6.42 Å². The summed E-state index contributed by atoms with van der Waals surface area (Å²) in [5.41, 5.74) is -0.138. The van der Waals surface area contributed by atoms with Crippen LogP contribution in [0.5, 0.6) is 0 Å². The first-order valence-electron chi connectivity index (χ1n) is 6.63. The van der Waals surface area contributed by atoms with Gasteiger partial charge in [0.05, 0.1) is 11.6 Å². The van der Waals surface area contributed by atoms with Crippen molar-refractivity contribution in [3.05, 3.63) is 34.1 Å². The molecule has 1 rings (SSSR count). The van der Waals surface area contributed by atoms with Crippen molar-refractivity contribution in [1.82, 2.24) is 5.32 Å². The average molecular weight is 376 g/mol. The largest absolute Gasteiger partial charge is 0.467 e. The van der Waals surface area contributed by atoms with E-state index in [1.54, 1.807) is 26.8 Å². The molecule has 1 aromatic carbocycles. The summed E-state index contributed by atoms with van der Waals surface area (Å²) in [7, 11) is 1.22. The Morgan fingerprint density at radius 1 is 1.36 bits per heavy atom. The van der Waals surface area contributed by atoms with Crippen LogP contribution in [0.2, 0.25) is 0 Å². The predicted octanol–water partition coefficient (Wildman–Crippen LogP) is 3.20. The van der Waals surface area contributed by atoms with Gasteiger partial charge in [-0.3, -0.25) is 0 Å². The van der Waals surface area contributed by atoms with Crippen LogP contribution in [0.1, 0.15) is 26.3 Å². The minimum absolute atomic E-state index is 0.0934. The van der Waals surface area contributed by atoms with Gasteiger partial charge in [0.1, 0.15) is 17.5 Å². The first kappa shape index (κ1) is 18.4. The SMILES string of the molecule is COC(=O)C(Cc1ccc(Br)c(F)c1)NC(=O)OC(C)(C)C. The van der Waals surface area contributed by atoms with Gasteiger partial charge in [-0.05, 0) is 54.4 Å². The summed E-state index contributed by atoms with van der Waals surface area (Å²) < 4.78 is 23.6. The zero-order valence-corrected chi connectivity index (χ0v) is 14.5. The summed E-state index contributed by atoms with van der Waals surface area (Å²) in [4.78, 5) is 23.6. The third-order valence-corrected chi connectivity index (χ3v) is 3.24. The zero-order valence-electron chi connectivity index (χ0n) is 12.9. The Morgan fingerprint density at radius 2 is 2.00 bits per heavy atom. The van der Waals surface area contributed by atoms with Crippen LogP contribution in [0.15, 0.2) is 22.7 Å². The molecule has 0 spiro atoms. The van der Waals surface area contributed by atoms with Crippen molar-refractivity contribution in [1.29, 1.82) is 0 Å². The molecule has 0 heterocycles. The molecule has 5 nitrogen and oxygen atoms in total. The summed E-state index contributed by atoms with van der Waals surface area (Å²) in [5.74, 6) is -1.08. The Hall–Kier alpha value is -1.63. The summed E-state index contributed by atoms with van der Waals surface area (Å²) in [6, 6.07) is 3.52. The summed E-state index contributed by atoms with van der Waals surface area (Å²) in [6.45, 7) is 5.14. The summed E-state index contributed by atoms with van der Waals surface area (Å²) >= 11 is 3.06. The van der Waals surface area contributed by atoms with Gasteiger partial charge in [-0.1, -0.05) is 6.07 Å². The van der Waals surface area contributed by atoms with Crippen molar-refractivity contribution < 1.29 is 23.5 Å². The van der Waals surface area contributed by atoms with E-state index in [4.69, 9.17) is 4.74 Å². The number of benzene rings is 1. The Bertz CT molecular complexity index is 557. The van der Waals surface area contributed by atoms with Crippen molar-refractivity contribution in [2.24, 2.45) is 0 Å². The Morgan fingerprint density at radius 3 is 2.50 bits per heavy atom. The molecule has 1 amide bonds. The van der Waals surface area contributed by atoms with Crippen LogP contribution in [0.3, 0.4) is 0 Å². The fraction of sp³-hybridized carbons (Fsp3) is 0.467. The average Bonchev–Trinajstić information content (AvgIpc) is 2.39. The predicted molar refractivity (Wildman–Crippen MR) is 83.0 cm³/mol. The fourth-order valence-corrected chi connectivity index (χ4v) is 1.93. The van der Waals surface area contributed by atoms with Crippen LogP contribution in [-0.4, -0.2) is 30.8 Å². The highest BCUT2D eigenvalue weighted by molar-refractivity contribution is 9.10. The Kier molecular flexibility index (Phi) is 6.34. The van der Waals surface area contributed by atoms with Gasteiger partial charge in [-0.25, -0.2) is 14.0 Å². The van der Waals surface area contributed by atoms with Crippen LogP contribution < -0.4 is 5.32 Å². The molecule has 7 heteroatoms. The van der Waals surface area contributed by atoms with Crippen LogP contribution in [0, 0.1) is 5.82 Å². The lowest BCUT2D eigenvalue weighted by Crippen LogP contribution is -2.45. The van der Waals surface area contributed by atoms with Crippen molar-refractivity contribution in [3.63, 3.8) is 0 Å². The van der Waals surface area contributed by atoms with Gasteiger partial charge >= 0.3 is 12.1 Å². The van der Waals surface area contributed by atoms with Crippen molar-refractivity contribution >= 4 is 28.0 Å². The van der Waals surface area contributed by atoms with Crippen molar-refractivity contribution in [2.45, 2.75) is 38.8 Å². The van der Waals surface area contributed by atoms with E-state index in [0.717, 1.165) is 0 Å². The maximum absolute atomic E-state index is 13.5. The number of halogens is 2. The van der Waals surface area contributed by atoms with Crippen LogP contribution in [0.4, 0.5) is 9.18 Å². The fourth-order valence-electron chi connectivity index (χ4n) is 1.69. The lowest BCUT2D eigenvalue weighted by molar-refractivity contribution is -0.143. The second kappa shape index (κ2) is 7.58. The number of alkyl carbamates (subject to hydrolysis) is 1. The molecule has 1 N–H and O–H groups in total. The minimum Gasteiger partial charge on any atom is -0.467 e. The first-order chi connectivity index (χ1) is 10.1. The molecule has 0 aliphatic rings. The third-order valence-electron chi connectivity index (χ3n) is 2.60. The lowest BCUT2D eigenvalue weighted by atomic mass is 10.1. The van der Waals surface area contributed by atoms with E-state index in [2.05, 4.69) is 26.0 Å². The molecular formula is C15H19BrFNO4.